The van der Waals surface area contributed by atoms with Gasteiger partial charge in [-0.05, 0) is 44.3 Å². The fourth-order valence-corrected chi connectivity index (χ4v) is 2.25. The van der Waals surface area contributed by atoms with Crippen LogP contribution in [0.1, 0.15) is 44.0 Å². The zero-order valence-corrected chi connectivity index (χ0v) is 9.71. The maximum absolute atomic E-state index is 4.44. The standard InChI is InChI=1S/C12H21N3/c1-9(2)7-11-8-12(15-14-11)10-3-5-13-6-4-10/h8-10,13H,3-7H2,1-2H3,(H,14,15). The molecule has 3 heteroatoms. The van der Waals surface area contributed by atoms with Crippen molar-refractivity contribution in [2.45, 2.75) is 39.0 Å². The highest BCUT2D eigenvalue weighted by atomic mass is 15.1. The Bertz CT molecular complexity index is 298. The van der Waals surface area contributed by atoms with Gasteiger partial charge in [-0.1, -0.05) is 13.8 Å². The summed E-state index contributed by atoms with van der Waals surface area (Å²) in [6.07, 6.45) is 3.57. The zero-order chi connectivity index (χ0) is 10.7. The summed E-state index contributed by atoms with van der Waals surface area (Å²) in [5.41, 5.74) is 2.56. The van der Waals surface area contributed by atoms with Crippen LogP contribution >= 0.6 is 0 Å². The molecule has 0 atom stereocenters. The van der Waals surface area contributed by atoms with Crippen LogP contribution in [-0.2, 0) is 6.42 Å². The van der Waals surface area contributed by atoms with Gasteiger partial charge in [-0.2, -0.15) is 5.10 Å². The van der Waals surface area contributed by atoms with Crippen LogP contribution in [0.4, 0.5) is 0 Å². The molecule has 0 spiro atoms. The largest absolute Gasteiger partial charge is 0.317 e. The van der Waals surface area contributed by atoms with Gasteiger partial charge in [0.15, 0.2) is 0 Å². The number of aromatic amines is 1. The molecule has 1 aromatic rings. The molecule has 0 radical (unpaired) electrons. The van der Waals surface area contributed by atoms with Gasteiger partial charge in [0.1, 0.15) is 0 Å². The van der Waals surface area contributed by atoms with Crippen LogP contribution in [-0.4, -0.2) is 23.3 Å². The molecule has 0 unspecified atom stereocenters. The van der Waals surface area contributed by atoms with Crippen LogP contribution in [0.3, 0.4) is 0 Å². The average molecular weight is 207 g/mol. The smallest absolute Gasteiger partial charge is 0.0656 e. The first kappa shape index (κ1) is 10.7. The summed E-state index contributed by atoms with van der Waals surface area (Å²) in [6.45, 7) is 6.75. The van der Waals surface area contributed by atoms with E-state index >= 15 is 0 Å². The van der Waals surface area contributed by atoms with Gasteiger partial charge in [-0.3, -0.25) is 5.10 Å². The number of hydrogen-bond acceptors (Lipinski definition) is 2. The third-order valence-electron chi connectivity index (χ3n) is 3.04. The van der Waals surface area contributed by atoms with Gasteiger partial charge in [-0.15, -0.1) is 0 Å². The van der Waals surface area contributed by atoms with Gasteiger partial charge in [0.05, 0.1) is 5.69 Å². The molecule has 1 saturated heterocycles. The van der Waals surface area contributed by atoms with E-state index in [1.165, 1.54) is 24.2 Å². The first-order valence-electron chi connectivity index (χ1n) is 6.00. The van der Waals surface area contributed by atoms with Gasteiger partial charge in [0.25, 0.3) is 0 Å². The first-order valence-corrected chi connectivity index (χ1v) is 6.00. The average Bonchev–Trinajstić information content (AvgIpc) is 2.67. The van der Waals surface area contributed by atoms with E-state index in [9.17, 15) is 0 Å². The molecule has 0 bridgehead atoms. The minimum atomic E-state index is 0.670. The number of nitrogens with one attached hydrogen (secondary N) is 2. The second-order valence-corrected chi connectivity index (χ2v) is 4.94. The van der Waals surface area contributed by atoms with Crippen LogP contribution in [0, 0.1) is 5.92 Å². The van der Waals surface area contributed by atoms with Crippen molar-refractivity contribution in [3.05, 3.63) is 17.5 Å². The maximum Gasteiger partial charge on any atom is 0.0656 e. The Hall–Kier alpha value is -0.830. The SMILES string of the molecule is CC(C)Cc1cc(C2CCNCC2)n[nH]1. The Morgan fingerprint density at radius 2 is 2.13 bits per heavy atom. The molecule has 0 saturated carbocycles. The van der Waals surface area contributed by atoms with Crippen molar-refractivity contribution in [2.75, 3.05) is 13.1 Å². The predicted molar refractivity (Wildman–Crippen MR) is 62.0 cm³/mol. The third kappa shape index (κ3) is 2.81. The second-order valence-electron chi connectivity index (χ2n) is 4.94. The van der Waals surface area contributed by atoms with Crippen molar-refractivity contribution < 1.29 is 0 Å². The summed E-state index contributed by atoms with van der Waals surface area (Å²) in [6, 6.07) is 2.26. The van der Waals surface area contributed by atoms with Crippen molar-refractivity contribution in [2.24, 2.45) is 5.92 Å². The topological polar surface area (TPSA) is 40.7 Å². The lowest BCUT2D eigenvalue weighted by Gasteiger charge is -2.20. The molecule has 1 aliphatic heterocycles. The number of nitrogens with zero attached hydrogens (tertiary/aromatic N) is 1. The normalized spacial score (nSPS) is 18.6. The van der Waals surface area contributed by atoms with Gasteiger partial charge >= 0.3 is 0 Å². The molecule has 1 aliphatic rings. The van der Waals surface area contributed by atoms with E-state index in [0.29, 0.717) is 11.8 Å². The summed E-state index contributed by atoms with van der Waals surface area (Å²) >= 11 is 0. The molecule has 84 valence electrons. The third-order valence-corrected chi connectivity index (χ3v) is 3.04. The molecule has 0 amide bonds. The zero-order valence-electron chi connectivity index (χ0n) is 9.71. The lowest BCUT2D eigenvalue weighted by atomic mass is 9.94. The quantitative estimate of drug-likeness (QED) is 0.796. The van der Waals surface area contributed by atoms with Gasteiger partial charge in [0.2, 0.25) is 0 Å². The Morgan fingerprint density at radius 3 is 2.80 bits per heavy atom. The van der Waals surface area contributed by atoms with Crippen molar-refractivity contribution in [3.63, 3.8) is 0 Å². The lowest BCUT2D eigenvalue weighted by Crippen LogP contribution is -2.26. The molecular weight excluding hydrogens is 186 g/mol. The van der Waals surface area contributed by atoms with Crippen molar-refractivity contribution in [1.82, 2.24) is 15.5 Å². The lowest BCUT2D eigenvalue weighted by molar-refractivity contribution is 0.453. The van der Waals surface area contributed by atoms with E-state index in [4.69, 9.17) is 0 Å². The van der Waals surface area contributed by atoms with E-state index in [0.717, 1.165) is 19.5 Å². The Balaban J connectivity index is 1.99. The minimum Gasteiger partial charge on any atom is -0.317 e. The van der Waals surface area contributed by atoms with E-state index in [1.807, 2.05) is 0 Å². The minimum absolute atomic E-state index is 0.670. The fraction of sp³-hybridized carbons (Fsp3) is 0.750. The molecule has 2 rings (SSSR count). The van der Waals surface area contributed by atoms with Crippen molar-refractivity contribution >= 4 is 0 Å². The molecule has 3 nitrogen and oxygen atoms in total. The Labute approximate surface area is 91.7 Å². The van der Waals surface area contributed by atoms with Crippen molar-refractivity contribution in [3.8, 4) is 0 Å². The van der Waals surface area contributed by atoms with Crippen LogP contribution in [0.15, 0.2) is 6.07 Å². The van der Waals surface area contributed by atoms with E-state index in [1.54, 1.807) is 0 Å². The predicted octanol–water partition coefficient (Wildman–Crippen LogP) is 2.08. The van der Waals surface area contributed by atoms with Crippen LogP contribution in [0.2, 0.25) is 0 Å². The monoisotopic (exact) mass is 207 g/mol. The Morgan fingerprint density at radius 1 is 1.40 bits per heavy atom. The molecule has 15 heavy (non-hydrogen) atoms. The van der Waals surface area contributed by atoms with Crippen molar-refractivity contribution in [1.29, 1.82) is 0 Å². The Kier molecular flexibility index (Phi) is 3.41. The molecule has 1 aromatic heterocycles. The van der Waals surface area contributed by atoms with E-state index < -0.39 is 0 Å². The molecule has 1 fully saturated rings. The van der Waals surface area contributed by atoms with Gasteiger partial charge in [0, 0.05) is 11.6 Å². The van der Waals surface area contributed by atoms with Crippen LogP contribution < -0.4 is 5.32 Å². The first-order chi connectivity index (χ1) is 7.25. The summed E-state index contributed by atoms with van der Waals surface area (Å²) in [7, 11) is 0. The van der Waals surface area contributed by atoms with Gasteiger partial charge < -0.3 is 5.32 Å². The summed E-state index contributed by atoms with van der Waals surface area (Å²) in [5.74, 6) is 1.37. The van der Waals surface area contributed by atoms with E-state index in [-0.39, 0.29) is 0 Å². The summed E-state index contributed by atoms with van der Waals surface area (Å²) in [5, 5.41) is 11.0. The number of rotatable bonds is 3. The molecule has 0 aromatic carbocycles. The van der Waals surface area contributed by atoms with Crippen LogP contribution in [0.5, 0.6) is 0 Å². The highest BCUT2D eigenvalue weighted by Crippen LogP contribution is 2.24. The molecule has 0 aliphatic carbocycles. The van der Waals surface area contributed by atoms with Crippen LogP contribution in [0.25, 0.3) is 0 Å². The summed E-state index contributed by atoms with van der Waals surface area (Å²) in [4.78, 5) is 0. The fourth-order valence-electron chi connectivity index (χ4n) is 2.25. The number of hydrogen-bond donors (Lipinski definition) is 2. The summed E-state index contributed by atoms with van der Waals surface area (Å²) < 4.78 is 0. The number of H-pyrrole nitrogens is 1. The highest BCUT2D eigenvalue weighted by molar-refractivity contribution is 5.14. The maximum atomic E-state index is 4.44. The van der Waals surface area contributed by atoms with E-state index in [2.05, 4.69) is 35.4 Å². The molecule has 2 heterocycles. The molecular formula is C12H21N3. The second kappa shape index (κ2) is 4.79. The molecule has 2 N–H and O–H groups in total. The highest BCUT2D eigenvalue weighted by Gasteiger charge is 2.17. The number of piperidine rings is 1. The number of aromatic nitrogens is 2. The van der Waals surface area contributed by atoms with Gasteiger partial charge in [-0.25, -0.2) is 0 Å².